The van der Waals surface area contributed by atoms with E-state index in [0.29, 0.717) is 5.02 Å². The standard InChI is InChI=1S/C21H18ClN3/c1-15-6-5-9-17(12-15)20-21(23-13-16-7-3-2-4-8-16)25-14-18(22)10-11-19(25)24-20/h2-12,14,23H,13H2,1H3. The van der Waals surface area contributed by atoms with Crippen molar-refractivity contribution in [3.8, 4) is 11.3 Å². The molecule has 0 aliphatic heterocycles. The summed E-state index contributed by atoms with van der Waals surface area (Å²) in [4.78, 5) is 4.82. The van der Waals surface area contributed by atoms with Crippen molar-refractivity contribution in [3.63, 3.8) is 0 Å². The third kappa shape index (κ3) is 3.24. The summed E-state index contributed by atoms with van der Waals surface area (Å²) in [6.45, 7) is 2.81. The zero-order chi connectivity index (χ0) is 17.2. The molecule has 0 radical (unpaired) electrons. The molecule has 0 spiro atoms. The van der Waals surface area contributed by atoms with Crippen molar-refractivity contribution >= 4 is 23.1 Å². The number of imidazole rings is 1. The second-order valence-electron chi connectivity index (χ2n) is 6.09. The van der Waals surface area contributed by atoms with E-state index in [0.717, 1.165) is 29.3 Å². The van der Waals surface area contributed by atoms with Crippen molar-refractivity contribution in [3.05, 3.63) is 89.1 Å². The van der Waals surface area contributed by atoms with Crippen LogP contribution in [0.5, 0.6) is 0 Å². The molecule has 4 heteroatoms. The van der Waals surface area contributed by atoms with Gasteiger partial charge in [-0.25, -0.2) is 4.98 Å². The van der Waals surface area contributed by atoms with Crippen molar-refractivity contribution < 1.29 is 0 Å². The topological polar surface area (TPSA) is 29.3 Å². The molecule has 1 N–H and O–H groups in total. The van der Waals surface area contributed by atoms with Gasteiger partial charge in [0.15, 0.2) is 0 Å². The monoisotopic (exact) mass is 347 g/mol. The van der Waals surface area contributed by atoms with Gasteiger partial charge >= 0.3 is 0 Å². The van der Waals surface area contributed by atoms with Crippen LogP contribution in [-0.2, 0) is 6.54 Å². The van der Waals surface area contributed by atoms with Gasteiger partial charge < -0.3 is 5.32 Å². The summed E-state index contributed by atoms with van der Waals surface area (Å²) in [5, 5.41) is 4.22. The second-order valence-corrected chi connectivity index (χ2v) is 6.53. The number of anilines is 1. The number of nitrogens with one attached hydrogen (secondary N) is 1. The Balaban J connectivity index is 1.81. The fourth-order valence-corrected chi connectivity index (χ4v) is 3.12. The average Bonchev–Trinajstić information content (AvgIpc) is 2.98. The lowest BCUT2D eigenvalue weighted by atomic mass is 10.1. The van der Waals surface area contributed by atoms with Crippen LogP contribution < -0.4 is 5.32 Å². The normalized spacial score (nSPS) is 11.0. The SMILES string of the molecule is Cc1cccc(-c2nc3ccc(Cl)cn3c2NCc2ccccc2)c1. The number of benzene rings is 2. The minimum atomic E-state index is 0.684. The number of aryl methyl sites for hydroxylation is 1. The minimum Gasteiger partial charge on any atom is -0.365 e. The molecule has 3 nitrogen and oxygen atoms in total. The van der Waals surface area contributed by atoms with Crippen LogP contribution in [0.2, 0.25) is 5.02 Å². The molecule has 2 heterocycles. The van der Waals surface area contributed by atoms with Crippen molar-refractivity contribution in [1.82, 2.24) is 9.38 Å². The molecule has 2 aromatic carbocycles. The van der Waals surface area contributed by atoms with Gasteiger partial charge in [0.25, 0.3) is 0 Å². The smallest absolute Gasteiger partial charge is 0.139 e. The summed E-state index contributed by atoms with van der Waals surface area (Å²) in [7, 11) is 0. The number of fused-ring (bicyclic) bond motifs is 1. The molecular formula is C21H18ClN3. The highest BCUT2D eigenvalue weighted by atomic mass is 35.5. The number of hydrogen-bond donors (Lipinski definition) is 1. The summed E-state index contributed by atoms with van der Waals surface area (Å²) in [6, 6.07) is 22.5. The first-order chi connectivity index (χ1) is 12.2. The van der Waals surface area contributed by atoms with Crippen molar-refractivity contribution in [2.45, 2.75) is 13.5 Å². The molecule has 0 fully saturated rings. The molecule has 0 atom stereocenters. The zero-order valence-corrected chi connectivity index (χ0v) is 14.7. The van der Waals surface area contributed by atoms with Crippen LogP contribution in [0.15, 0.2) is 72.9 Å². The first kappa shape index (κ1) is 15.7. The maximum atomic E-state index is 6.21. The van der Waals surface area contributed by atoms with Crippen LogP contribution in [0, 0.1) is 6.92 Å². The Morgan fingerprint density at radius 1 is 1.00 bits per heavy atom. The van der Waals surface area contributed by atoms with Gasteiger partial charge in [-0.15, -0.1) is 0 Å². The third-order valence-electron chi connectivity index (χ3n) is 4.18. The van der Waals surface area contributed by atoms with Crippen LogP contribution in [0.4, 0.5) is 5.82 Å². The van der Waals surface area contributed by atoms with Gasteiger partial charge in [0, 0.05) is 18.3 Å². The van der Waals surface area contributed by atoms with Gasteiger partial charge in [-0.1, -0.05) is 65.7 Å². The predicted molar refractivity (Wildman–Crippen MR) is 104 cm³/mol. The van der Waals surface area contributed by atoms with E-state index in [4.69, 9.17) is 16.6 Å². The van der Waals surface area contributed by atoms with Crippen LogP contribution in [0.3, 0.4) is 0 Å². The van der Waals surface area contributed by atoms with Gasteiger partial charge in [0.1, 0.15) is 17.2 Å². The predicted octanol–water partition coefficient (Wildman–Crippen LogP) is 5.58. The lowest BCUT2D eigenvalue weighted by Gasteiger charge is -2.09. The van der Waals surface area contributed by atoms with E-state index in [1.807, 2.05) is 40.9 Å². The Morgan fingerprint density at radius 2 is 1.84 bits per heavy atom. The molecule has 0 aliphatic carbocycles. The van der Waals surface area contributed by atoms with Crippen molar-refractivity contribution in [2.75, 3.05) is 5.32 Å². The maximum absolute atomic E-state index is 6.21. The summed E-state index contributed by atoms with van der Waals surface area (Å²) in [6.07, 6.45) is 1.90. The zero-order valence-electron chi connectivity index (χ0n) is 13.9. The van der Waals surface area contributed by atoms with E-state index in [1.165, 1.54) is 11.1 Å². The fourth-order valence-electron chi connectivity index (χ4n) is 2.96. The molecule has 0 bridgehead atoms. The lowest BCUT2D eigenvalue weighted by molar-refractivity contribution is 1.08. The van der Waals surface area contributed by atoms with E-state index < -0.39 is 0 Å². The first-order valence-corrected chi connectivity index (χ1v) is 8.61. The number of nitrogens with zero attached hydrogens (tertiary/aromatic N) is 2. The van der Waals surface area contributed by atoms with E-state index >= 15 is 0 Å². The van der Waals surface area contributed by atoms with Gasteiger partial charge in [-0.2, -0.15) is 0 Å². The van der Waals surface area contributed by atoms with Crippen LogP contribution in [-0.4, -0.2) is 9.38 Å². The van der Waals surface area contributed by atoms with Gasteiger partial charge in [-0.3, -0.25) is 4.40 Å². The molecule has 25 heavy (non-hydrogen) atoms. The minimum absolute atomic E-state index is 0.684. The Kier molecular flexibility index (Phi) is 4.16. The van der Waals surface area contributed by atoms with E-state index in [2.05, 4.69) is 48.6 Å². The second kappa shape index (κ2) is 6.61. The molecule has 0 unspecified atom stereocenters. The Bertz CT molecular complexity index is 1020. The number of hydrogen-bond acceptors (Lipinski definition) is 2. The number of pyridine rings is 1. The quantitative estimate of drug-likeness (QED) is 0.522. The third-order valence-corrected chi connectivity index (χ3v) is 4.40. The number of halogens is 1. The van der Waals surface area contributed by atoms with Crippen molar-refractivity contribution in [1.29, 1.82) is 0 Å². The Labute approximate surface area is 151 Å². The average molecular weight is 348 g/mol. The largest absolute Gasteiger partial charge is 0.365 e. The summed E-state index contributed by atoms with van der Waals surface area (Å²) >= 11 is 6.21. The highest BCUT2D eigenvalue weighted by Crippen LogP contribution is 2.30. The number of aromatic nitrogens is 2. The molecule has 0 aliphatic rings. The van der Waals surface area contributed by atoms with Crippen LogP contribution in [0.25, 0.3) is 16.9 Å². The number of rotatable bonds is 4. The van der Waals surface area contributed by atoms with Crippen LogP contribution in [0.1, 0.15) is 11.1 Å². The van der Waals surface area contributed by atoms with E-state index in [-0.39, 0.29) is 0 Å². The highest BCUT2D eigenvalue weighted by Gasteiger charge is 2.14. The molecular weight excluding hydrogens is 330 g/mol. The molecule has 0 saturated heterocycles. The lowest BCUT2D eigenvalue weighted by Crippen LogP contribution is -2.03. The molecule has 0 saturated carbocycles. The van der Waals surface area contributed by atoms with Crippen molar-refractivity contribution in [2.24, 2.45) is 0 Å². The van der Waals surface area contributed by atoms with Gasteiger partial charge in [0.2, 0.25) is 0 Å². The molecule has 4 aromatic rings. The molecule has 124 valence electrons. The Morgan fingerprint density at radius 3 is 2.64 bits per heavy atom. The van der Waals surface area contributed by atoms with Gasteiger partial charge in [-0.05, 0) is 30.7 Å². The van der Waals surface area contributed by atoms with E-state index in [1.54, 1.807) is 0 Å². The Hall–Kier alpha value is -2.78. The molecule has 0 amide bonds. The summed E-state index contributed by atoms with van der Waals surface area (Å²) < 4.78 is 2.02. The highest BCUT2D eigenvalue weighted by molar-refractivity contribution is 6.30. The van der Waals surface area contributed by atoms with Gasteiger partial charge in [0.05, 0.1) is 5.02 Å². The van der Waals surface area contributed by atoms with E-state index in [9.17, 15) is 0 Å². The first-order valence-electron chi connectivity index (χ1n) is 8.23. The summed E-state index contributed by atoms with van der Waals surface area (Å²) in [5.74, 6) is 0.951. The maximum Gasteiger partial charge on any atom is 0.139 e. The van der Waals surface area contributed by atoms with Crippen LogP contribution >= 0.6 is 11.6 Å². The summed E-state index contributed by atoms with van der Waals surface area (Å²) in [5.41, 5.74) is 5.32. The molecule has 2 aromatic heterocycles. The molecule has 4 rings (SSSR count). The fraction of sp³-hybridized carbons (Fsp3) is 0.0952.